The van der Waals surface area contributed by atoms with E-state index in [2.05, 4.69) is 5.32 Å². The van der Waals surface area contributed by atoms with E-state index in [1.54, 1.807) is 37.3 Å². The Morgan fingerprint density at radius 2 is 1.60 bits per heavy atom. The molecule has 0 heterocycles. The Balaban J connectivity index is 1.68. The summed E-state index contributed by atoms with van der Waals surface area (Å²) in [7, 11) is -4.06. The van der Waals surface area contributed by atoms with E-state index in [9.17, 15) is 18.0 Å². The summed E-state index contributed by atoms with van der Waals surface area (Å²) >= 11 is 0. The van der Waals surface area contributed by atoms with Gasteiger partial charge in [0, 0.05) is 12.6 Å². The fourth-order valence-electron chi connectivity index (χ4n) is 5.13. The molecule has 0 radical (unpaired) electrons. The van der Waals surface area contributed by atoms with Crippen LogP contribution >= 0.6 is 0 Å². The number of aryl methyl sites for hydroxylation is 2. The molecule has 7 nitrogen and oxygen atoms in total. The molecular weight excluding hydrogens is 522 g/mol. The monoisotopic (exact) mass is 561 g/mol. The molecule has 1 aliphatic rings. The summed E-state index contributed by atoms with van der Waals surface area (Å²) in [5, 5.41) is 3.10. The van der Waals surface area contributed by atoms with Gasteiger partial charge in [-0.1, -0.05) is 79.9 Å². The van der Waals surface area contributed by atoms with Gasteiger partial charge in [0.25, 0.3) is 10.0 Å². The van der Waals surface area contributed by atoms with Gasteiger partial charge < -0.3 is 10.2 Å². The summed E-state index contributed by atoms with van der Waals surface area (Å²) < 4.78 is 28.9. The molecule has 3 aromatic carbocycles. The highest BCUT2D eigenvalue weighted by atomic mass is 32.2. The molecule has 0 aromatic heterocycles. The largest absolute Gasteiger partial charge is 0.352 e. The third-order valence-corrected chi connectivity index (χ3v) is 9.33. The fourth-order valence-corrected chi connectivity index (χ4v) is 6.56. The smallest absolute Gasteiger partial charge is 0.264 e. The van der Waals surface area contributed by atoms with Crippen molar-refractivity contribution in [3.63, 3.8) is 0 Å². The van der Waals surface area contributed by atoms with Crippen molar-refractivity contribution in [1.82, 2.24) is 10.2 Å². The van der Waals surface area contributed by atoms with Crippen molar-refractivity contribution in [2.75, 3.05) is 10.8 Å². The number of nitrogens with zero attached hydrogens (tertiary/aromatic N) is 2. The molecule has 8 heteroatoms. The van der Waals surface area contributed by atoms with Crippen LogP contribution in [0, 0.1) is 6.92 Å². The molecule has 4 rings (SSSR count). The van der Waals surface area contributed by atoms with Gasteiger partial charge in [0.05, 0.1) is 10.6 Å². The molecule has 0 bridgehead atoms. The molecule has 1 N–H and O–H groups in total. The second-order valence-electron chi connectivity index (χ2n) is 10.5. The summed E-state index contributed by atoms with van der Waals surface area (Å²) in [6.45, 7) is 5.46. The molecule has 2 amide bonds. The Morgan fingerprint density at radius 1 is 0.925 bits per heavy atom. The van der Waals surface area contributed by atoms with Gasteiger partial charge in [0.2, 0.25) is 11.8 Å². The van der Waals surface area contributed by atoms with E-state index in [-0.39, 0.29) is 23.4 Å². The van der Waals surface area contributed by atoms with Crippen molar-refractivity contribution >= 4 is 27.5 Å². The number of carbonyl (C=O) groups is 2. The van der Waals surface area contributed by atoms with Gasteiger partial charge in [-0.15, -0.1) is 0 Å². The number of hydrogen-bond donors (Lipinski definition) is 1. The van der Waals surface area contributed by atoms with Crippen LogP contribution in [0.4, 0.5) is 5.69 Å². The predicted molar refractivity (Wildman–Crippen MR) is 158 cm³/mol. The van der Waals surface area contributed by atoms with Crippen molar-refractivity contribution in [2.45, 2.75) is 76.4 Å². The lowest BCUT2D eigenvalue weighted by atomic mass is 10.1. The molecule has 0 spiro atoms. The molecule has 1 unspecified atom stereocenters. The first-order valence-corrected chi connectivity index (χ1v) is 15.4. The normalized spacial score (nSPS) is 14.5. The number of carbonyl (C=O) groups excluding carboxylic acids is 2. The maximum atomic E-state index is 14.0. The van der Waals surface area contributed by atoms with Crippen LogP contribution in [-0.2, 0) is 32.6 Å². The van der Waals surface area contributed by atoms with Crippen molar-refractivity contribution in [3.05, 3.63) is 95.6 Å². The van der Waals surface area contributed by atoms with Gasteiger partial charge >= 0.3 is 0 Å². The lowest BCUT2D eigenvalue weighted by Gasteiger charge is -2.32. The second kappa shape index (κ2) is 13.1. The summed E-state index contributed by atoms with van der Waals surface area (Å²) in [5.41, 5.74) is 3.37. The molecular formula is C32H39N3O4S. The van der Waals surface area contributed by atoms with E-state index < -0.39 is 28.5 Å². The zero-order chi connectivity index (χ0) is 28.7. The Bertz CT molecular complexity index is 1400. The third kappa shape index (κ3) is 7.10. The Kier molecular flexibility index (Phi) is 9.63. The molecule has 0 aliphatic heterocycles. The lowest BCUT2D eigenvalue weighted by molar-refractivity contribution is -0.139. The molecule has 212 valence electrons. The number of rotatable bonds is 11. The SMILES string of the molecule is CCc1ccc(N(CC(=O)N(Cc2cccc(C)c2)C(C)C(=O)NC2CCCC2)S(=O)(=O)c2ccccc2)cc1. The Hall–Kier alpha value is -3.65. The van der Waals surface area contributed by atoms with E-state index in [1.807, 2.05) is 50.2 Å². The highest BCUT2D eigenvalue weighted by Gasteiger charge is 2.33. The predicted octanol–water partition coefficient (Wildman–Crippen LogP) is 5.23. The van der Waals surface area contributed by atoms with Crippen LogP contribution in [0.25, 0.3) is 0 Å². The van der Waals surface area contributed by atoms with Crippen molar-refractivity contribution in [3.8, 4) is 0 Å². The van der Waals surface area contributed by atoms with Crippen LogP contribution in [0.5, 0.6) is 0 Å². The minimum atomic E-state index is -4.06. The Morgan fingerprint density at radius 3 is 2.23 bits per heavy atom. The average molecular weight is 562 g/mol. The van der Waals surface area contributed by atoms with Crippen LogP contribution < -0.4 is 9.62 Å². The van der Waals surface area contributed by atoms with Crippen LogP contribution in [0.1, 0.15) is 56.2 Å². The maximum Gasteiger partial charge on any atom is 0.264 e. The highest BCUT2D eigenvalue weighted by Crippen LogP contribution is 2.25. The van der Waals surface area contributed by atoms with Gasteiger partial charge in [0.15, 0.2) is 0 Å². The van der Waals surface area contributed by atoms with Gasteiger partial charge in [-0.2, -0.15) is 0 Å². The van der Waals surface area contributed by atoms with Crippen molar-refractivity contribution in [1.29, 1.82) is 0 Å². The fraction of sp³-hybridized carbons (Fsp3) is 0.375. The van der Waals surface area contributed by atoms with Crippen LogP contribution in [0.15, 0.2) is 83.8 Å². The average Bonchev–Trinajstić information content (AvgIpc) is 3.47. The van der Waals surface area contributed by atoms with Gasteiger partial charge in [-0.05, 0) is 68.5 Å². The maximum absolute atomic E-state index is 14.0. The number of hydrogen-bond acceptors (Lipinski definition) is 4. The van der Waals surface area contributed by atoms with Gasteiger partial charge in [-0.3, -0.25) is 13.9 Å². The van der Waals surface area contributed by atoms with Crippen molar-refractivity contribution in [2.24, 2.45) is 0 Å². The number of anilines is 1. The second-order valence-corrected chi connectivity index (χ2v) is 12.4. The first-order chi connectivity index (χ1) is 19.2. The van der Waals surface area contributed by atoms with E-state index in [1.165, 1.54) is 17.0 Å². The Labute approximate surface area is 238 Å². The van der Waals surface area contributed by atoms with Gasteiger partial charge in [0.1, 0.15) is 12.6 Å². The molecule has 1 saturated carbocycles. The molecule has 1 fully saturated rings. The summed E-state index contributed by atoms with van der Waals surface area (Å²) in [6.07, 6.45) is 4.83. The quantitative estimate of drug-likeness (QED) is 0.347. The standard InChI is InChI=1S/C32H39N3O4S/c1-4-26-17-19-29(20-18-26)35(40(38,39)30-15-6-5-7-16-30)23-31(36)34(22-27-12-10-11-24(2)21-27)25(3)32(37)33-28-13-8-9-14-28/h5-7,10-12,15-21,25,28H,4,8-9,13-14,22-23H2,1-3H3,(H,33,37). The van der Waals surface area contributed by atoms with E-state index >= 15 is 0 Å². The van der Waals surface area contributed by atoms with E-state index in [4.69, 9.17) is 0 Å². The van der Waals surface area contributed by atoms with Crippen LogP contribution in [-0.4, -0.2) is 43.8 Å². The topological polar surface area (TPSA) is 86.8 Å². The zero-order valence-electron chi connectivity index (χ0n) is 23.5. The lowest BCUT2D eigenvalue weighted by Crippen LogP contribution is -2.52. The van der Waals surface area contributed by atoms with Gasteiger partial charge in [-0.25, -0.2) is 8.42 Å². The number of nitrogens with one attached hydrogen (secondary N) is 1. The van der Waals surface area contributed by atoms with Crippen LogP contribution in [0.2, 0.25) is 0 Å². The first kappa shape index (κ1) is 29.3. The minimum absolute atomic E-state index is 0.0969. The first-order valence-electron chi connectivity index (χ1n) is 14.0. The molecule has 40 heavy (non-hydrogen) atoms. The number of benzene rings is 3. The summed E-state index contributed by atoms with van der Waals surface area (Å²) in [4.78, 5) is 28.9. The van der Waals surface area contributed by atoms with Crippen molar-refractivity contribution < 1.29 is 18.0 Å². The summed E-state index contributed by atoms with van der Waals surface area (Å²) in [6, 6.07) is 22.4. The van der Waals surface area contributed by atoms with E-state index in [0.717, 1.165) is 53.1 Å². The van der Waals surface area contributed by atoms with Crippen LogP contribution in [0.3, 0.4) is 0 Å². The summed E-state index contributed by atoms with van der Waals surface area (Å²) in [5.74, 6) is -0.674. The molecule has 3 aromatic rings. The third-order valence-electron chi connectivity index (χ3n) is 7.55. The molecule has 0 saturated heterocycles. The number of amides is 2. The molecule has 1 aliphatic carbocycles. The minimum Gasteiger partial charge on any atom is -0.352 e. The van der Waals surface area contributed by atoms with E-state index in [0.29, 0.717) is 5.69 Å². The number of sulfonamides is 1. The molecule has 1 atom stereocenters. The highest BCUT2D eigenvalue weighted by molar-refractivity contribution is 7.92. The zero-order valence-corrected chi connectivity index (χ0v) is 24.4.